The molecule has 27 heavy (non-hydrogen) atoms. The van der Waals surface area contributed by atoms with Gasteiger partial charge in [-0.2, -0.15) is 4.39 Å². The van der Waals surface area contributed by atoms with Crippen molar-refractivity contribution in [2.75, 3.05) is 31.9 Å². The molecule has 0 atom stereocenters. The van der Waals surface area contributed by atoms with Gasteiger partial charge in [0.1, 0.15) is 5.69 Å². The molecule has 0 unspecified atom stereocenters. The fourth-order valence-electron chi connectivity index (χ4n) is 3.66. The first-order valence-corrected chi connectivity index (χ1v) is 8.74. The summed E-state index contributed by atoms with van der Waals surface area (Å²) < 4.78 is 30.3. The number of nitro benzene ring substituents is 1. The molecule has 2 heterocycles. The number of nitro groups is 1. The first-order chi connectivity index (χ1) is 13.1. The predicted octanol–water partition coefficient (Wildman–Crippen LogP) is 3.62. The number of nitrogens with one attached hydrogen (secondary N) is 1. The zero-order valence-electron chi connectivity index (χ0n) is 14.6. The van der Waals surface area contributed by atoms with Gasteiger partial charge in [-0.15, -0.1) is 0 Å². The number of fused-ring (bicyclic) bond motifs is 1. The van der Waals surface area contributed by atoms with Crippen molar-refractivity contribution in [3.8, 4) is 11.5 Å². The van der Waals surface area contributed by atoms with Crippen LogP contribution in [0.5, 0.6) is 11.5 Å². The van der Waals surface area contributed by atoms with E-state index in [2.05, 4.69) is 5.32 Å². The summed E-state index contributed by atoms with van der Waals surface area (Å²) in [4.78, 5) is 10.5. The summed E-state index contributed by atoms with van der Waals surface area (Å²) in [6.45, 7) is 1.78. The molecule has 1 saturated heterocycles. The molecular weight excluding hydrogens is 355 g/mol. The summed E-state index contributed by atoms with van der Waals surface area (Å²) in [5.41, 5.74) is 0.373. The minimum Gasteiger partial charge on any atom is -0.454 e. The lowest BCUT2D eigenvalue weighted by atomic mass is 9.74. The van der Waals surface area contributed by atoms with Crippen molar-refractivity contribution < 1.29 is 23.5 Å². The molecule has 2 aromatic rings. The molecule has 0 aliphatic carbocycles. The number of nitrogens with zero attached hydrogens (tertiary/aromatic N) is 1. The third kappa shape index (κ3) is 3.28. The van der Waals surface area contributed by atoms with Crippen LogP contribution in [0.25, 0.3) is 0 Å². The van der Waals surface area contributed by atoms with Gasteiger partial charge >= 0.3 is 5.69 Å². The minimum absolute atomic E-state index is 0.173. The average Bonchev–Trinajstić information content (AvgIpc) is 3.14. The number of halogens is 1. The Hall–Kier alpha value is -2.87. The summed E-state index contributed by atoms with van der Waals surface area (Å²) >= 11 is 0. The molecule has 0 amide bonds. The monoisotopic (exact) mass is 374 g/mol. The van der Waals surface area contributed by atoms with E-state index in [4.69, 9.17) is 14.2 Å². The van der Waals surface area contributed by atoms with Gasteiger partial charge in [0, 0.05) is 25.2 Å². The maximum atomic E-state index is 13.9. The van der Waals surface area contributed by atoms with Gasteiger partial charge in [-0.05, 0) is 42.7 Å². The van der Waals surface area contributed by atoms with Gasteiger partial charge in [0.25, 0.3) is 0 Å². The Morgan fingerprint density at radius 1 is 1.15 bits per heavy atom. The summed E-state index contributed by atoms with van der Waals surface area (Å²) in [5.74, 6) is 0.541. The lowest BCUT2D eigenvalue weighted by Gasteiger charge is -2.38. The normalized spacial score (nSPS) is 17.5. The molecule has 2 aromatic carbocycles. The smallest absolute Gasteiger partial charge is 0.327 e. The first-order valence-electron chi connectivity index (χ1n) is 8.74. The van der Waals surface area contributed by atoms with Gasteiger partial charge < -0.3 is 19.5 Å². The number of ether oxygens (including phenoxy) is 3. The van der Waals surface area contributed by atoms with Crippen LogP contribution in [0.2, 0.25) is 0 Å². The van der Waals surface area contributed by atoms with E-state index in [0.29, 0.717) is 31.3 Å². The summed E-state index contributed by atoms with van der Waals surface area (Å²) in [6, 6.07) is 9.89. The average molecular weight is 374 g/mol. The van der Waals surface area contributed by atoms with Crippen molar-refractivity contribution in [2.45, 2.75) is 18.3 Å². The predicted molar refractivity (Wildman–Crippen MR) is 95.8 cm³/mol. The van der Waals surface area contributed by atoms with Crippen LogP contribution in [0, 0.1) is 15.9 Å². The fraction of sp³-hybridized carbons (Fsp3) is 0.368. The van der Waals surface area contributed by atoms with E-state index in [9.17, 15) is 14.5 Å². The Kier molecular flexibility index (Phi) is 4.57. The lowest BCUT2D eigenvalue weighted by Crippen LogP contribution is -2.40. The third-order valence-corrected chi connectivity index (χ3v) is 5.22. The van der Waals surface area contributed by atoms with Crippen LogP contribution in [0.15, 0.2) is 36.4 Å². The second-order valence-corrected chi connectivity index (χ2v) is 6.71. The van der Waals surface area contributed by atoms with Crippen LogP contribution < -0.4 is 14.8 Å². The lowest BCUT2D eigenvalue weighted by molar-refractivity contribution is -0.386. The molecule has 2 aliphatic heterocycles. The van der Waals surface area contributed by atoms with E-state index in [1.54, 1.807) is 0 Å². The van der Waals surface area contributed by atoms with Gasteiger partial charge in [-0.1, -0.05) is 12.1 Å². The van der Waals surface area contributed by atoms with Crippen molar-refractivity contribution in [3.63, 3.8) is 0 Å². The molecule has 0 radical (unpaired) electrons. The Bertz CT molecular complexity index is 867. The minimum atomic E-state index is -0.853. The molecule has 0 bridgehead atoms. The van der Waals surface area contributed by atoms with Crippen LogP contribution in [-0.2, 0) is 10.2 Å². The van der Waals surface area contributed by atoms with Crippen molar-refractivity contribution in [2.24, 2.45) is 0 Å². The van der Waals surface area contributed by atoms with E-state index in [-0.39, 0.29) is 17.9 Å². The van der Waals surface area contributed by atoms with Gasteiger partial charge in [0.05, 0.1) is 4.92 Å². The van der Waals surface area contributed by atoms with Crippen LogP contribution >= 0.6 is 0 Å². The van der Waals surface area contributed by atoms with E-state index in [0.717, 1.165) is 24.5 Å². The molecule has 2 aliphatic rings. The number of para-hydroxylation sites is 1. The van der Waals surface area contributed by atoms with Crippen molar-refractivity contribution >= 4 is 11.4 Å². The molecule has 4 rings (SSSR count). The SMILES string of the molecule is O=[N+]([O-])c1c(F)cccc1NCC1(c2ccc3c(c2)OCO3)CCOCC1. The summed E-state index contributed by atoms with van der Waals surface area (Å²) in [6.07, 6.45) is 1.48. The largest absolute Gasteiger partial charge is 0.454 e. The molecular formula is C19H19FN2O5. The van der Waals surface area contributed by atoms with Crippen molar-refractivity contribution in [1.82, 2.24) is 0 Å². The maximum Gasteiger partial charge on any atom is 0.327 e. The highest BCUT2D eigenvalue weighted by Gasteiger charge is 2.36. The number of hydrogen-bond donors (Lipinski definition) is 1. The van der Waals surface area contributed by atoms with Crippen LogP contribution in [0.3, 0.4) is 0 Å². The molecule has 8 heteroatoms. The van der Waals surface area contributed by atoms with Crippen LogP contribution in [0.4, 0.5) is 15.8 Å². The molecule has 0 saturated carbocycles. The van der Waals surface area contributed by atoms with E-state index in [1.807, 2.05) is 18.2 Å². The first kappa shape index (κ1) is 17.5. The highest BCUT2D eigenvalue weighted by atomic mass is 19.1. The third-order valence-electron chi connectivity index (χ3n) is 5.22. The molecule has 7 nitrogen and oxygen atoms in total. The quantitative estimate of drug-likeness (QED) is 0.636. The highest BCUT2D eigenvalue weighted by molar-refractivity contribution is 5.62. The van der Waals surface area contributed by atoms with Crippen molar-refractivity contribution in [1.29, 1.82) is 0 Å². The van der Waals surface area contributed by atoms with Gasteiger partial charge in [0.15, 0.2) is 11.5 Å². The Morgan fingerprint density at radius 2 is 1.93 bits per heavy atom. The molecule has 0 aromatic heterocycles. The fourth-order valence-corrected chi connectivity index (χ4v) is 3.66. The van der Waals surface area contributed by atoms with E-state index < -0.39 is 16.4 Å². The second-order valence-electron chi connectivity index (χ2n) is 6.71. The van der Waals surface area contributed by atoms with Gasteiger partial charge in [-0.25, -0.2) is 0 Å². The topological polar surface area (TPSA) is 82.9 Å². The molecule has 0 spiro atoms. The zero-order chi connectivity index (χ0) is 18.9. The summed E-state index contributed by atoms with van der Waals surface area (Å²) in [7, 11) is 0. The second kappa shape index (κ2) is 7.03. The molecule has 1 N–H and O–H groups in total. The summed E-state index contributed by atoms with van der Waals surface area (Å²) in [5, 5.41) is 14.3. The molecule has 142 valence electrons. The highest BCUT2D eigenvalue weighted by Crippen LogP contribution is 2.41. The van der Waals surface area contributed by atoms with E-state index >= 15 is 0 Å². The van der Waals surface area contributed by atoms with Crippen molar-refractivity contribution in [3.05, 3.63) is 57.9 Å². The Morgan fingerprint density at radius 3 is 2.70 bits per heavy atom. The maximum absolute atomic E-state index is 13.9. The number of rotatable bonds is 5. The Labute approximate surface area is 155 Å². The van der Waals surface area contributed by atoms with Gasteiger partial charge in [0.2, 0.25) is 12.6 Å². The van der Waals surface area contributed by atoms with Gasteiger partial charge in [-0.3, -0.25) is 10.1 Å². The van der Waals surface area contributed by atoms with Crippen LogP contribution in [0.1, 0.15) is 18.4 Å². The number of benzene rings is 2. The number of anilines is 1. The standard InChI is InChI=1S/C19H19FN2O5/c20-14-2-1-3-15(18(14)22(23)24)21-11-19(6-8-25-9-7-19)13-4-5-16-17(10-13)27-12-26-16/h1-5,10,21H,6-9,11-12H2. The van der Waals surface area contributed by atoms with Crippen LogP contribution in [-0.4, -0.2) is 31.5 Å². The number of hydrogen-bond acceptors (Lipinski definition) is 6. The molecule has 1 fully saturated rings. The van der Waals surface area contributed by atoms with E-state index in [1.165, 1.54) is 12.1 Å². The Balaban J connectivity index is 1.64. The zero-order valence-corrected chi connectivity index (χ0v) is 14.6.